The van der Waals surface area contributed by atoms with E-state index in [-0.39, 0.29) is 23.1 Å². The van der Waals surface area contributed by atoms with E-state index in [4.69, 9.17) is 9.47 Å². The van der Waals surface area contributed by atoms with Crippen LogP contribution in [-0.2, 0) is 19.4 Å². The first-order valence-electron chi connectivity index (χ1n) is 9.38. The largest absolute Gasteiger partial charge is 0.456 e. The van der Waals surface area contributed by atoms with E-state index in [9.17, 15) is 18.0 Å². The van der Waals surface area contributed by atoms with Gasteiger partial charge in [0.2, 0.25) is 0 Å². The lowest BCUT2D eigenvalue weighted by atomic mass is 10.2. The van der Waals surface area contributed by atoms with Gasteiger partial charge in [0, 0.05) is 12.6 Å². The predicted molar refractivity (Wildman–Crippen MR) is 108 cm³/mol. The Kier molecular flexibility index (Phi) is 6.53. The summed E-state index contributed by atoms with van der Waals surface area (Å²) < 4.78 is 34.3. The van der Waals surface area contributed by atoms with E-state index in [1.807, 2.05) is 18.2 Å². The number of carbonyl (C=O) groups excluding carboxylic acids is 2. The Hall–Kier alpha value is -2.87. The number of amides is 1. The number of rotatable bonds is 7. The Bertz CT molecular complexity index is 974. The Morgan fingerprint density at radius 1 is 1.07 bits per heavy atom. The molecule has 1 fully saturated rings. The number of sulfone groups is 1. The Labute approximate surface area is 170 Å². The molecule has 0 unspecified atom stereocenters. The van der Waals surface area contributed by atoms with Gasteiger partial charge in [-0.25, -0.2) is 13.2 Å². The van der Waals surface area contributed by atoms with Crippen LogP contribution in [0.1, 0.15) is 23.7 Å². The number of hydrogen-bond donors (Lipinski definition) is 0. The lowest BCUT2D eigenvalue weighted by molar-refractivity contribution is -0.136. The minimum atomic E-state index is -3.11. The number of hydrogen-bond acceptors (Lipinski definition) is 6. The third-order valence-electron chi connectivity index (χ3n) is 4.71. The molecule has 0 bridgehead atoms. The van der Waals surface area contributed by atoms with Crippen LogP contribution in [0.3, 0.4) is 0 Å². The molecule has 0 aromatic heterocycles. The van der Waals surface area contributed by atoms with Crippen LogP contribution in [0, 0.1) is 0 Å². The highest BCUT2D eigenvalue weighted by Crippen LogP contribution is 2.25. The second-order valence-corrected chi connectivity index (χ2v) is 8.95. The topological polar surface area (TPSA) is 90.0 Å². The summed E-state index contributed by atoms with van der Waals surface area (Å²) in [4.78, 5) is 26.5. The first kappa shape index (κ1) is 20.9. The molecule has 2 aromatic carbocycles. The molecule has 0 aliphatic carbocycles. The van der Waals surface area contributed by atoms with Crippen molar-refractivity contribution in [1.82, 2.24) is 4.90 Å². The molecule has 1 aliphatic rings. The third kappa shape index (κ3) is 5.35. The minimum absolute atomic E-state index is 0.0473. The summed E-state index contributed by atoms with van der Waals surface area (Å²) in [5.74, 6) is -0.169. The fourth-order valence-electron chi connectivity index (χ4n) is 3.29. The number of nitrogens with zero attached hydrogens (tertiary/aromatic N) is 1. The third-order valence-corrected chi connectivity index (χ3v) is 6.47. The van der Waals surface area contributed by atoms with Crippen molar-refractivity contribution in [3.63, 3.8) is 0 Å². The van der Waals surface area contributed by atoms with Crippen molar-refractivity contribution >= 4 is 21.7 Å². The first-order valence-corrected chi connectivity index (χ1v) is 11.2. The number of likely N-dealkylation sites (N-methyl/N-ethyl adjacent to an activating group) is 1. The highest BCUT2D eigenvalue weighted by Gasteiger charge is 2.34. The number of esters is 1. The van der Waals surface area contributed by atoms with E-state index in [0.29, 0.717) is 24.5 Å². The van der Waals surface area contributed by atoms with Crippen LogP contribution in [0.25, 0.3) is 0 Å². The van der Waals surface area contributed by atoms with Crippen LogP contribution in [0.15, 0.2) is 54.6 Å². The summed E-state index contributed by atoms with van der Waals surface area (Å²) >= 11 is 0. The maximum absolute atomic E-state index is 12.5. The molecule has 0 saturated carbocycles. The quantitative estimate of drug-likeness (QED) is 0.644. The SMILES string of the molecule is CCN(C(=O)COC(=O)c1ccccc1Oc1ccccc1)[C@@H]1CCS(=O)(=O)C1. The van der Waals surface area contributed by atoms with Crippen LogP contribution < -0.4 is 4.74 Å². The summed E-state index contributed by atoms with van der Waals surface area (Å²) in [7, 11) is -3.11. The van der Waals surface area contributed by atoms with Crippen molar-refractivity contribution in [2.45, 2.75) is 19.4 Å². The average molecular weight is 417 g/mol. The maximum atomic E-state index is 12.5. The van der Waals surface area contributed by atoms with Gasteiger partial charge in [-0.2, -0.15) is 0 Å². The Morgan fingerprint density at radius 2 is 1.76 bits per heavy atom. The van der Waals surface area contributed by atoms with Gasteiger partial charge in [-0.3, -0.25) is 4.79 Å². The van der Waals surface area contributed by atoms with Crippen molar-refractivity contribution in [1.29, 1.82) is 0 Å². The van der Waals surface area contributed by atoms with Gasteiger partial charge in [0.25, 0.3) is 5.91 Å². The van der Waals surface area contributed by atoms with Crippen LogP contribution in [0.5, 0.6) is 11.5 Å². The van der Waals surface area contributed by atoms with E-state index in [1.165, 1.54) is 4.90 Å². The second-order valence-electron chi connectivity index (χ2n) is 6.72. The van der Waals surface area contributed by atoms with Crippen LogP contribution in [-0.4, -0.2) is 55.9 Å². The molecule has 8 heteroatoms. The van der Waals surface area contributed by atoms with Gasteiger partial charge in [-0.15, -0.1) is 0 Å². The number of ether oxygens (including phenoxy) is 2. The predicted octanol–water partition coefficient (Wildman–Crippen LogP) is 2.67. The smallest absolute Gasteiger partial charge is 0.342 e. The molecule has 0 N–H and O–H groups in total. The van der Waals surface area contributed by atoms with Crippen molar-refractivity contribution in [2.75, 3.05) is 24.7 Å². The molecule has 154 valence electrons. The molecule has 1 aliphatic heterocycles. The zero-order valence-electron chi connectivity index (χ0n) is 16.1. The summed E-state index contributed by atoms with van der Waals surface area (Å²) in [6.07, 6.45) is 0.406. The molecular weight excluding hydrogens is 394 g/mol. The van der Waals surface area contributed by atoms with Gasteiger partial charge in [-0.05, 0) is 37.6 Å². The second kappa shape index (κ2) is 9.09. The van der Waals surface area contributed by atoms with E-state index >= 15 is 0 Å². The Balaban J connectivity index is 1.64. The summed E-state index contributed by atoms with van der Waals surface area (Å²) in [6.45, 7) is 1.67. The number of benzene rings is 2. The van der Waals surface area contributed by atoms with Crippen molar-refractivity contribution < 1.29 is 27.5 Å². The monoisotopic (exact) mass is 417 g/mol. The van der Waals surface area contributed by atoms with Crippen LogP contribution in [0.4, 0.5) is 0 Å². The molecule has 1 heterocycles. The van der Waals surface area contributed by atoms with Gasteiger partial charge in [0.1, 0.15) is 17.1 Å². The summed E-state index contributed by atoms with van der Waals surface area (Å²) in [5.41, 5.74) is 0.204. The average Bonchev–Trinajstić information content (AvgIpc) is 3.07. The zero-order valence-corrected chi connectivity index (χ0v) is 16.9. The molecule has 3 rings (SSSR count). The van der Waals surface area contributed by atoms with Crippen molar-refractivity contribution in [3.05, 3.63) is 60.2 Å². The molecule has 1 atom stereocenters. The fraction of sp³-hybridized carbons (Fsp3) is 0.333. The molecule has 0 spiro atoms. The number of carbonyl (C=O) groups is 2. The van der Waals surface area contributed by atoms with E-state index < -0.39 is 28.3 Å². The van der Waals surface area contributed by atoms with Gasteiger partial charge >= 0.3 is 5.97 Å². The maximum Gasteiger partial charge on any atom is 0.342 e. The molecule has 7 nitrogen and oxygen atoms in total. The van der Waals surface area contributed by atoms with Gasteiger partial charge in [0.05, 0.1) is 11.5 Å². The lowest BCUT2D eigenvalue weighted by Crippen LogP contribution is -2.43. The number of para-hydroxylation sites is 2. The molecule has 1 amide bonds. The highest BCUT2D eigenvalue weighted by molar-refractivity contribution is 7.91. The van der Waals surface area contributed by atoms with Crippen LogP contribution in [0.2, 0.25) is 0 Å². The standard InChI is InChI=1S/C21H23NO6S/c1-2-22(16-12-13-29(25,26)15-16)20(23)14-27-21(24)18-10-6-7-11-19(18)28-17-8-4-3-5-9-17/h3-11,16H,2,12-15H2,1H3/t16-/m1/s1. The van der Waals surface area contributed by atoms with Crippen LogP contribution >= 0.6 is 0 Å². The van der Waals surface area contributed by atoms with E-state index in [0.717, 1.165) is 0 Å². The molecular formula is C21H23NO6S. The Morgan fingerprint density at radius 3 is 2.41 bits per heavy atom. The zero-order chi connectivity index (χ0) is 20.9. The van der Waals surface area contributed by atoms with E-state index in [2.05, 4.69) is 0 Å². The molecule has 1 saturated heterocycles. The minimum Gasteiger partial charge on any atom is -0.456 e. The first-order chi connectivity index (χ1) is 13.9. The van der Waals surface area contributed by atoms with Crippen molar-refractivity contribution in [2.24, 2.45) is 0 Å². The normalized spacial score (nSPS) is 17.5. The van der Waals surface area contributed by atoms with Gasteiger partial charge in [0.15, 0.2) is 16.4 Å². The summed E-state index contributed by atoms with van der Waals surface area (Å²) in [6, 6.07) is 15.3. The highest BCUT2D eigenvalue weighted by atomic mass is 32.2. The lowest BCUT2D eigenvalue weighted by Gasteiger charge is -2.26. The molecule has 0 radical (unpaired) electrons. The molecule has 2 aromatic rings. The summed E-state index contributed by atoms with van der Waals surface area (Å²) in [5, 5.41) is 0. The van der Waals surface area contributed by atoms with Gasteiger partial charge < -0.3 is 14.4 Å². The van der Waals surface area contributed by atoms with E-state index in [1.54, 1.807) is 43.3 Å². The van der Waals surface area contributed by atoms with Gasteiger partial charge in [-0.1, -0.05) is 30.3 Å². The molecule has 29 heavy (non-hydrogen) atoms. The fourth-order valence-corrected chi connectivity index (χ4v) is 5.02. The van der Waals surface area contributed by atoms with Crippen molar-refractivity contribution in [3.8, 4) is 11.5 Å².